The van der Waals surface area contributed by atoms with Gasteiger partial charge >= 0.3 is 14.2 Å². The molecule has 7 aromatic rings. The quantitative estimate of drug-likeness (QED) is 0.116. The van der Waals surface area contributed by atoms with E-state index in [0.717, 1.165) is 46.5 Å². The van der Waals surface area contributed by atoms with Crippen molar-refractivity contribution in [2.45, 2.75) is 26.2 Å². The fraction of sp³-hybridized carbons (Fsp3) is 0.0952. The zero-order chi connectivity index (χ0) is 35.9. The van der Waals surface area contributed by atoms with E-state index < -0.39 is 14.2 Å². The Labute approximate surface area is 304 Å². The van der Waals surface area contributed by atoms with E-state index in [1.54, 1.807) is 12.1 Å². The predicted octanol–water partition coefficient (Wildman–Crippen LogP) is 1.72. The smallest absolute Gasteiger partial charge is 0.423 e. The number of benzene rings is 3. The third kappa shape index (κ3) is 8.57. The van der Waals surface area contributed by atoms with E-state index in [4.69, 9.17) is 0 Å². The maximum absolute atomic E-state index is 9.68. The molecule has 7 rings (SSSR count). The zero-order valence-electron chi connectivity index (χ0n) is 28.7. The molecular formula is C42H40B2N4O4+4. The van der Waals surface area contributed by atoms with E-state index in [0.29, 0.717) is 24.0 Å². The van der Waals surface area contributed by atoms with Gasteiger partial charge in [-0.15, -0.1) is 0 Å². The molecule has 0 bridgehead atoms. The summed E-state index contributed by atoms with van der Waals surface area (Å²) in [6.07, 6.45) is 16.5. The maximum atomic E-state index is 9.68. The molecule has 0 aliphatic carbocycles. The molecule has 8 nitrogen and oxygen atoms in total. The molecule has 0 aliphatic heterocycles. The summed E-state index contributed by atoms with van der Waals surface area (Å²) >= 11 is 0. The third-order valence-corrected chi connectivity index (χ3v) is 9.36. The second kappa shape index (κ2) is 16.1. The molecule has 4 aromatic heterocycles. The normalized spacial score (nSPS) is 11.0. The van der Waals surface area contributed by atoms with Gasteiger partial charge in [-0.1, -0.05) is 72.8 Å². The highest BCUT2D eigenvalue weighted by Crippen LogP contribution is 2.17. The molecule has 0 aliphatic rings. The Morgan fingerprint density at radius 2 is 0.596 bits per heavy atom. The largest absolute Gasteiger partial charge is 0.488 e. The highest BCUT2D eigenvalue weighted by atomic mass is 16.4. The number of aromatic nitrogens is 4. The molecule has 0 saturated heterocycles. The summed E-state index contributed by atoms with van der Waals surface area (Å²) in [6.45, 7) is 2.67. The van der Waals surface area contributed by atoms with Crippen LogP contribution in [-0.2, 0) is 26.2 Å². The van der Waals surface area contributed by atoms with Gasteiger partial charge in [0.05, 0.1) is 0 Å². The molecule has 0 fully saturated rings. The second-order valence-corrected chi connectivity index (χ2v) is 13.0. The van der Waals surface area contributed by atoms with Gasteiger partial charge in [0.25, 0.3) is 0 Å². The van der Waals surface area contributed by atoms with Crippen LogP contribution in [0.3, 0.4) is 0 Å². The lowest BCUT2D eigenvalue weighted by atomic mass is 9.77. The van der Waals surface area contributed by atoms with Crippen LogP contribution in [0.15, 0.2) is 171 Å². The molecule has 3 aromatic carbocycles. The molecule has 0 saturated carbocycles. The number of hydrogen-bond donors (Lipinski definition) is 4. The monoisotopic (exact) mass is 686 g/mol. The third-order valence-electron chi connectivity index (χ3n) is 9.36. The second-order valence-electron chi connectivity index (χ2n) is 13.0. The first-order chi connectivity index (χ1) is 25.4. The lowest BCUT2D eigenvalue weighted by Crippen LogP contribution is -2.40. The van der Waals surface area contributed by atoms with Crippen LogP contribution in [0.25, 0.3) is 22.3 Å². The topological polar surface area (TPSA) is 96.4 Å². The van der Waals surface area contributed by atoms with E-state index in [1.807, 2.05) is 70.3 Å². The number of nitrogens with zero attached hydrogens (tertiary/aromatic N) is 4. The highest BCUT2D eigenvalue weighted by Gasteiger charge is 2.19. The molecule has 10 heteroatoms. The van der Waals surface area contributed by atoms with Crippen molar-refractivity contribution in [2.75, 3.05) is 0 Å². The summed E-state index contributed by atoms with van der Waals surface area (Å²) < 4.78 is 8.41. The molecule has 4 N–H and O–H groups in total. The van der Waals surface area contributed by atoms with Gasteiger partial charge in [-0.05, 0) is 33.2 Å². The van der Waals surface area contributed by atoms with E-state index >= 15 is 0 Å². The molecule has 254 valence electrons. The lowest BCUT2D eigenvalue weighted by molar-refractivity contribution is -0.688. The van der Waals surface area contributed by atoms with Gasteiger partial charge in [-0.25, -0.2) is 18.3 Å². The summed E-state index contributed by atoms with van der Waals surface area (Å²) in [5.74, 6) is 0. The molecule has 0 unspecified atom stereocenters. The van der Waals surface area contributed by atoms with Crippen molar-refractivity contribution < 1.29 is 38.4 Å². The minimum absolute atomic E-state index is 0.521. The van der Waals surface area contributed by atoms with E-state index in [1.165, 1.54) is 11.1 Å². The Hall–Kier alpha value is -5.77. The van der Waals surface area contributed by atoms with Crippen molar-refractivity contribution in [3.8, 4) is 22.3 Å². The first-order valence-electron chi connectivity index (χ1n) is 17.3. The lowest BCUT2D eigenvalue weighted by Gasteiger charge is -2.06. The number of rotatable bonds is 12. The summed E-state index contributed by atoms with van der Waals surface area (Å²) in [5, 5.41) is 38.7. The van der Waals surface area contributed by atoms with Gasteiger partial charge in [-0.2, -0.15) is 0 Å². The van der Waals surface area contributed by atoms with Crippen molar-refractivity contribution in [1.29, 1.82) is 0 Å². The molecular weight excluding hydrogens is 646 g/mol. The van der Waals surface area contributed by atoms with Crippen LogP contribution in [0.1, 0.15) is 22.3 Å². The Kier molecular flexibility index (Phi) is 10.7. The van der Waals surface area contributed by atoms with Crippen molar-refractivity contribution in [3.05, 3.63) is 193 Å². The van der Waals surface area contributed by atoms with Gasteiger partial charge in [-0.3, -0.25) is 0 Å². The van der Waals surface area contributed by atoms with Crippen molar-refractivity contribution in [3.63, 3.8) is 0 Å². The first-order valence-corrected chi connectivity index (χ1v) is 17.3. The molecule has 0 atom stereocenters. The Morgan fingerprint density at radius 3 is 0.885 bits per heavy atom. The van der Waals surface area contributed by atoms with E-state index in [2.05, 4.69) is 107 Å². The van der Waals surface area contributed by atoms with Crippen LogP contribution >= 0.6 is 0 Å². The number of hydrogen-bond acceptors (Lipinski definition) is 4. The Morgan fingerprint density at radius 1 is 0.327 bits per heavy atom. The molecule has 0 radical (unpaired) electrons. The van der Waals surface area contributed by atoms with E-state index in [9.17, 15) is 20.1 Å². The van der Waals surface area contributed by atoms with Crippen LogP contribution < -0.4 is 29.2 Å². The minimum Gasteiger partial charge on any atom is -0.423 e. The van der Waals surface area contributed by atoms with Crippen LogP contribution in [0.2, 0.25) is 0 Å². The van der Waals surface area contributed by atoms with Gasteiger partial charge in [0.2, 0.25) is 0 Å². The molecule has 0 spiro atoms. The highest BCUT2D eigenvalue weighted by molar-refractivity contribution is 6.59. The Balaban J connectivity index is 0.918. The van der Waals surface area contributed by atoms with Crippen LogP contribution in [0, 0.1) is 0 Å². The average Bonchev–Trinajstić information content (AvgIpc) is 3.17. The van der Waals surface area contributed by atoms with Crippen molar-refractivity contribution in [1.82, 2.24) is 0 Å². The molecule has 4 heterocycles. The van der Waals surface area contributed by atoms with Crippen molar-refractivity contribution in [2.24, 2.45) is 0 Å². The van der Waals surface area contributed by atoms with Crippen LogP contribution in [-0.4, -0.2) is 34.3 Å². The maximum Gasteiger partial charge on any atom is 0.488 e. The van der Waals surface area contributed by atoms with Gasteiger partial charge in [0.1, 0.15) is 0 Å². The van der Waals surface area contributed by atoms with Crippen molar-refractivity contribution >= 4 is 25.2 Å². The fourth-order valence-corrected chi connectivity index (χ4v) is 6.45. The molecule has 52 heavy (non-hydrogen) atoms. The van der Waals surface area contributed by atoms with E-state index in [-0.39, 0.29) is 0 Å². The zero-order valence-corrected chi connectivity index (χ0v) is 28.7. The standard InChI is InChI=1S/C42H40B2N4O4/c49-43(50)41-7-3-1-5-39(41)31-47-25-17-37(18-26-47)35-13-21-45(22-14-35)29-33-9-11-34(12-10-33)30-46-23-15-36(16-24-46)38-19-27-48(28-20-38)32-40-6-2-4-8-42(40)44(51)52/h1-28,49-52H,29-32H2/q+4. The minimum atomic E-state index is -1.49. The van der Waals surface area contributed by atoms with Crippen LogP contribution in [0.5, 0.6) is 0 Å². The summed E-state index contributed by atoms with van der Waals surface area (Å²) in [6, 6.07) is 40.3. The SMILES string of the molecule is OB(O)c1ccccc1C[n+]1ccc(-c2cc[n+](Cc3ccc(C[n+]4ccc(-c5cc[n+](Cc6ccccc6B(O)O)cc5)cc4)cc3)cc2)cc1. The first kappa shape index (κ1) is 34.7. The summed E-state index contributed by atoms with van der Waals surface area (Å²) in [4.78, 5) is 0. The number of pyridine rings is 4. The average molecular weight is 686 g/mol. The summed E-state index contributed by atoms with van der Waals surface area (Å²) in [5.41, 5.74) is 9.74. The van der Waals surface area contributed by atoms with Gasteiger partial charge in [0.15, 0.2) is 75.8 Å². The van der Waals surface area contributed by atoms with Gasteiger partial charge in [0, 0.05) is 70.8 Å². The Bertz CT molecular complexity index is 2070. The predicted molar refractivity (Wildman–Crippen MR) is 200 cm³/mol. The van der Waals surface area contributed by atoms with Gasteiger partial charge < -0.3 is 20.1 Å². The fourth-order valence-electron chi connectivity index (χ4n) is 6.45. The van der Waals surface area contributed by atoms with Crippen LogP contribution in [0.4, 0.5) is 0 Å². The summed E-state index contributed by atoms with van der Waals surface area (Å²) in [7, 11) is -2.98. The molecule has 0 amide bonds.